The van der Waals surface area contributed by atoms with Crippen molar-refractivity contribution in [2.24, 2.45) is 0 Å². The number of fused-ring (bicyclic) bond motifs is 1. The van der Waals surface area contributed by atoms with E-state index in [1.165, 1.54) is 0 Å². The summed E-state index contributed by atoms with van der Waals surface area (Å²) >= 11 is 0. The second kappa shape index (κ2) is 4.99. The summed E-state index contributed by atoms with van der Waals surface area (Å²) in [4.78, 5) is 2.48. The fourth-order valence-electron chi connectivity index (χ4n) is 3.39. The van der Waals surface area contributed by atoms with Gasteiger partial charge >= 0.3 is 0 Å². The zero-order valence-corrected chi connectivity index (χ0v) is 13.0. The summed E-state index contributed by atoms with van der Waals surface area (Å²) in [6.07, 6.45) is 2.11. The van der Waals surface area contributed by atoms with Crippen LogP contribution in [0, 0.1) is 0 Å². The van der Waals surface area contributed by atoms with Crippen LogP contribution in [-0.4, -0.2) is 26.4 Å². The molecule has 22 heavy (non-hydrogen) atoms. The molecular weight excluding hydrogens is 294 g/mol. The van der Waals surface area contributed by atoms with Gasteiger partial charge < -0.3 is 4.90 Å². The molecule has 3 nitrogen and oxygen atoms in total. The van der Waals surface area contributed by atoms with Crippen molar-refractivity contribution in [3.8, 4) is 0 Å². The molecule has 112 valence electrons. The van der Waals surface area contributed by atoms with E-state index in [4.69, 9.17) is 0 Å². The molecule has 2 heterocycles. The number of likely N-dealkylation sites (tertiary alicyclic amines) is 1. The molecule has 2 aliphatic heterocycles. The van der Waals surface area contributed by atoms with E-state index in [0.717, 1.165) is 42.6 Å². The first-order valence-corrected chi connectivity index (χ1v) is 9.07. The quantitative estimate of drug-likeness (QED) is 0.854. The molecule has 2 aromatic rings. The van der Waals surface area contributed by atoms with Gasteiger partial charge in [0.15, 0.2) is 0 Å². The van der Waals surface area contributed by atoms with Crippen molar-refractivity contribution in [3.05, 3.63) is 70.8 Å². The molecular formula is C18H17NO2S. The molecule has 0 N–H and O–H groups in total. The summed E-state index contributed by atoms with van der Waals surface area (Å²) in [5.74, 6) is 0. The highest BCUT2D eigenvalue weighted by Crippen LogP contribution is 2.44. The Morgan fingerprint density at radius 2 is 1.45 bits per heavy atom. The van der Waals surface area contributed by atoms with Gasteiger partial charge in [-0.3, -0.25) is 0 Å². The molecule has 0 spiro atoms. The Bertz CT molecular complexity index is 848. The molecule has 4 rings (SSSR count). The Morgan fingerprint density at radius 1 is 0.818 bits per heavy atom. The van der Waals surface area contributed by atoms with Gasteiger partial charge in [-0.25, -0.2) is 8.42 Å². The van der Waals surface area contributed by atoms with Crippen molar-refractivity contribution < 1.29 is 8.42 Å². The summed E-state index contributed by atoms with van der Waals surface area (Å²) in [7, 11) is -3.42. The minimum atomic E-state index is -3.42. The Kier molecular flexibility index (Phi) is 3.08. The Balaban J connectivity index is 2.03. The maximum atomic E-state index is 13.1. The van der Waals surface area contributed by atoms with Gasteiger partial charge in [-0.2, -0.15) is 0 Å². The van der Waals surface area contributed by atoms with Gasteiger partial charge in [0.1, 0.15) is 5.03 Å². The molecule has 0 atom stereocenters. The third-order valence-electron chi connectivity index (χ3n) is 4.37. The average molecular weight is 311 g/mol. The van der Waals surface area contributed by atoms with E-state index < -0.39 is 9.84 Å². The summed E-state index contributed by atoms with van der Waals surface area (Å²) in [6, 6.07) is 17.2. The molecule has 0 aliphatic carbocycles. The summed E-state index contributed by atoms with van der Waals surface area (Å²) in [6.45, 7) is 1.64. The molecule has 4 heteroatoms. The van der Waals surface area contributed by atoms with E-state index in [1.54, 1.807) is 12.1 Å². The second-order valence-electron chi connectivity index (χ2n) is 5.74. The molecule has 2 aliphatic rings. The number of sulfone groups is 1. The molecule has 0 bridgehead atoms. The van der Waals surface area contributed by atoms with Crippen LogP contribution in [0.15, 0.2) is 64.5 Å². The van der Waals surface area contributed by atoms with Crippen LogP contribution >= 0.6 is 0 Å². The first-order valence-electron chi connectivity index (χ1n) is 7.59. The Hall–Kier alpha value is -2.07. The fraction of sp³-hybridized carbons (Fsp3) is 0.222. The standard InChI is InChI=1S/C18H17NO2S/c20-22(21)16-11-5-4-10-15(16)17(14-8-2-1-3-9-14)18(22)19-12-6-7-13-19/h1-5,8-11H,6-7,12-13H2. The first kappa shape index (κ1) is 13.6. The largest absolute Gasteiger partial charge is 0.362 e. The number of hydrogen-bond acceptors (Lipinski definition) is 3. The average Bonchev–Trinajstić information content (AvgIpc) is 3.13. The summed E-state index contributed by atoms with van der Waals surface area (Å²) in [5, 5.41) is 0.498. The van der Waals surface area contributed by atoms with Crippen molar-refractivity contribution in [2.45, 2.75) is 17.7 Å². The minimum Gasteiger partial charge on any atom is -0.362 e. The third kappa shape index (κ3) is 1.91. The maximum Gasteiger partial charge on any atom is 0.222 e. The summed E-state index contributed by atoms with van der Waals surface area (Å²) in [5.41, 5.74) is 2.66. The van der Waals surface area contributed by atoms with E-state index in [2.05, 4.69) is 0 Å². The molecule has 0 amide bonds. The maximum absolute atomic E-state index is 13.1. The first-order chi connectivity index (χ1) is 10.7. The highest BCUT2D eigenvalue weighted by atomic mass is 32.2. The van der Waals surface area contributed by atoms with Gasteiger partial charge in [0.2, 0.25) is 9.84 Å². The molecule has 0 aromatic heterocycles. The lowest BCUT2D eigenvalue weighted by Crippen LogP contribution is -2.23. The highest BCUT2D eigenvalue weighted by molar-refractivity contribution is 7.95. The van der Waals surface area contributed by atoms with Crippen molar-refractivity contribution in [1.29, 1.82) is 0 Å². The predicted molar refractivity (Wildman–Crippen MR) is 86.9 cm³/mol. The lowest BCUT2D eigenvalue weighted by molar-refractivity contribution is 0.448. The second-order valence-corrected chi connectivity index (χ2v) is 7.57. The van der Waals surface area contributed by atoms with Crippen LogP contribution in [0.1, 0.15) is 24.0 Å². The Labute approximate surface area is 130 Å². The molecule has 1 fully saturated rings. The van der Waals surface area contributed by atoms with Crippen molar-refractivity contribution in [3.63, 3.8) is 0 Å². The molecule has 0 saturated carbocycles. The zero-order chi connectivity index (χ0) is 15.2. The van der Waals surface area contributed by atoms with Crippen LogP contribution < -0.4 is 0 Å². The number of hydrogen-bond donors (Lipinski definition) is 0. The van der Waals surface area contributed by atoms with Crippen LogP contribution in [-0.2, 0) is 9.84 Å². The predicted octanol–water partition coefficient (Wildman–Crippen LogP) is 3.29. The van der Waals surface area contributed by atoms with E-state index >= 15 is 0 Å². The molecule has 0 radical (unpaired) electrons. The van der Waals surface area contributed by atoms with E-state index in [9.17, 15) is 8.42 Å². The molecule has 0 unspecified atom stereocenters. The van der Waals surface area contributed by atoms with Crippen LogP contribution in [0.3, 0.4) is 0 Å². The normalized spacial score (nSPS) is 19.5. The zero-order valence-electron chi connectivity index (χ0n) is 12.2. The summed E-state index contributed by atoms with van der Waals surface area (Å²) < 4.78 is 26.1. The van der Waals surface area contributed by atoms with Gasteiger partial charge in [-0.05, 0) is 24.5 Å². The van der Waals surface area contributed by atoms with Crippen LogP contribution in [0.5, 0.6) is 0 Å². The van der Waals surface area contributed by atoms with Crippen LogP contribution in [0.2, 0.25) is 0 Å². The van der Waals surface area contributed by atoms with Gasteiger partial charge in [0.05, 0.1) is 4.90 Å². The molecule has 2 aromatic carbocycles. The fourth-order valence-corrected chi connectivity index (χ4v) is 5.34. The van der Waals surface area contributed by atoms with Crippen molar-refractivity contribution >= 4 is 15.4 Å². The lowest BCUT2D eigenvalue weighted by atomic mass is 9.99. The number of benzene rings is 2. The van der Waals surface area contributed by atoms with Gasteiger partial charge in [0.25, 0.3) is 0 Å². The lowest BCUT2D eigenvalue weighted by Gasteiger charge is -2.20. The topological polar surface area (TPSA) is 37.4 Å². The van der Waals surface area contributed by atoms with Crippen molar-refractivity contribution in [1.82, 2.24) is 4.90 Å². The molecule has 1 saturated heterocycles. The van der Waals surface area contributed by atoms with Gasteiger partial charge in [0, 0.05) is 24.2 Å². The van der Waals surface area contributed by atoms with E-state index in [0.29, 0.717) is 9.92 Å². The SMILES string of the molecule is O=S1(=O)C(N2CCCC2)=C(c2ccccc2)c2ccccc21. The monoisotopic (exact) mass is 311 g/mol. The Morgan fingerprint density at radius 3 is 2.18 bits per heavy atom. The van der Waals surface area contributed by atoms with Crippen LogP contribution in [0.4, 0.5) is 0 Å². The van der Waals surface area contributed by atoms with Gasteiger partial charge in [-0.1, -0.05) is 48.5 Å². The number of rotatable bonds is 2. The number of nitrogens with zero attached hydrogens (tertiary/aromatic N) is 1. The third-order valence-corrected chi connectivity index (χ3v) is 6.28. The minimum absolute atomic E-state index is 0.441. The van der Waals surface area contributed by atoms with Crippen molar-refractivity contribution in [2.75, 3.05) is 13.1 Å². The van der Waals surface area contributed by atoms with E-state index in [-0.39, 0.29) is 0 Å². The highest BCUT2D eigenvalue weighted by Gasteiger charge is 2.39. The smallest absolute Gasteiger partial charge is 0.222 e. The van der Waals surface area contributed by atoms with Gasteiger partial charge in [-0.15, -0.1) is 0 Å². The van der Waals surface area contributed by atoms with Crippen LogP contribution in [0.25, 0.3) is 5.57 Å². The van der Waals surface area contributed by atoms with E-state index in [1.807, 2.05) is 47.4 Å².